The zero-order valence-corrected chi connectivity index (χ0v) is 14.6. The molecule has 0 spiro atoms. The molecule has 0 aliphatic heterocycles. The summed E-state index contributed by atoms with van der Waals surface area (Å²) in [7, 11) is 0. The van der Waals surface area contributed by atoms with E-state index in [0.29, 0.717) is 5.56 Å². The molecule has 0 N–H and O–H groups in total. The highest BCUT2D eigenvalue weighted by atomic mass is 16.2. The van der Waals surface area contributed by atoms with Crippen LogP contribution in [0.2, 0.25) is 0 Å². The first-order chi connectivity index (χ1) is 13.0. The molecule has 0 aliphatic carbocycles. The molecule has 0 fully saturated rings. The largest absolute Gasteiger partial charge is 0.294 e. The van der Waals surface area contributed by atoms with Crippen molar-refractivity contribution in [2.24, 2.45) is 0 Å². The van der Waals surface area contributed by atoms with E-state index in [9.17, 15) is 19.2 Å². The molecule has 0 bridgehead atoms. The van der Waals surface area contributed by atoms with Gasteiger partial charge in [-0.2, -0.15) is 0 Å². The van der Waals surface area contributed by atoms with E-state index in [1.165, 1.54) is 37.3 Å². The van der Waals surface area contributed by atoms with Crippen LogP contribution in [0.15, 0.2) is 78.9 Å². The SMILES string of the molecule is CC(=O)c1cccc(C(=O)C(=O)c2ccccc2)c1C(=O)c1ccccc1. The van der Waals surface area contributed by atoms with E-state index in [0.717, 1.165) is 0 Å². The zero-order valence-electron chi connectivity index (χ0n) is 14.6. The topological polar surface area (TPSA) is 68.3 Å². The number of Topliss-reactive ketones (excluding diaryl/α,β-unsaturated/α-hetero) is 3. The Morgan fingerprint density at radius 1 is 0.556 bits per heavy atom. The van der Waals surface area contributed by atoms with E-state index in [2.05, 4.69) is 0 Å². The smallest absolute Gasteiger partial charge is 0.234 e. The van der Waals surface area contributed by atoms with Crippen LogP contribution >= 0.6 is 0 Å². The highest BCUT2D eigenvalue weighted by Gasteiger charge is 2.27. The second kappa shape index (κ2) is 7.70. The first-order valence-corrected chi connectivity index (χ1v) is 8.38. The maximum Gasteiger partial charge on any atom is 0.234 e. The number of rotatable bonds is 6. The van der Waals surface area contributed by atoms with Crippen molar-refractivity contribution < 1.29 is 19.2 Å². The van der Waals surface area contributed by atoms with Gasteiger partial charge in [-0.15, -0.1) is 0 Å². The quantitative estimate of drug-likeness (QED) is 0.491. The summed E-state index contributed by atoms with van der Waals surface area (Å²) < 4.78 is 0. The number of carbonyl (C=O) groups excluding carboxylic acids is 4. The molecule has 0 saturated heterocycles. The molecule has 0 aromatic heterocycles. The molecule has 3 rings (SSSR count). The fraction of sp³-hybridized carbons (Fsp3) is 0.0435. The summed E-state index contributed by atoms with van der Waals surface area (Å²) >= 11 is 0. The lowest BCUT2D eigenvalue weighted by Gasteiger charge is -2.12. The minimum Gasteiger partial charge on any atom is -0.294 e. The summed E-state index contributed by atoms with van der Waals surface area (Å²) in [6, 6.07) is 20.9. The van der Waals surface area contributed by atoms with Crippen LogP contribution in [0, 0.1) is 0 Å². The molecular formula is C23H16O4. The van der Waals surface area contributed by atoms with Crippen molar-refractivity contribution in [1.29, 1.82) is 0 Å². The van der Waals surface area contributed by atoms with Gasteiger partial charge in [0, 0.05) is 27.8 Å². The molecule has 0 unspecified atom stereocenters. The summed E-state index contributed by atoms with van der Waals surface area (Å²) in [5, 5.41) is 0. The monoisotopic (exact) mass is 356 g/mol. The maximum atomic E-state index is 13.0. The maximum absolute atomic E-state index is 13.0. The molecule has 0 heterocycles. The summed E-state index contributed by atoms with van der Waals surface area (Å²) in [4.78, 5) is 50.6. The molecule has 3 aromatic carbocycles. The van der Waals surface area contributed by atoms with Crippen molar-refractivity contribution in [3.63, 3.8) is 0 Å². The van der Waals surface area contributed by atoms with Crippen LogP contribution in [0.4, 0.5) is 0 Å². The van der Waals surface area contributed by atoms with Crippen LogP contribution in [0.1, 0.15) is 53.9 Å². The average molecular weight is 356 g/mol. The van der Waals surface area contributed by atoms with E-state index < -0.39 is 17.3 Å². The summed E-state index contributed by atoms with van der Waals surface area (Å²) in [6.07, 6.45) is 0. The summed E-state index contributed by atoms with van der Waals surface area (Å²) in [6.45, 7) is 1.32. The Labute approximate surface area is 156 Å². The van der Waals surface area contributed by atoms with Gasteiger partial charge in [-0.25, -0.2) is 0 Å². The minimum atomic E-state index is -0.816. The Balaban J connectivity index is 2.15. The summed E-state index contributed by atoms with van der Waals surface area (Å²) in [5.74, 6) is -2.36. The van der Waals surface area contributed by atoms with Crippen LogP contribution in [-0.4, -0.2) is 23.1 Å². The van der Waals surface area contributed by atoms with Crippen molar-refractivity contribution in [1.82, 2.24) is 0 Å². The molecule has 0 saturated carbocycles. The third-order valence-corrected chi connectivity index (χ3v) is 4.19. The van der Waals surface area contributed by atoms with E-state index in [1.54, 1.807) is 48.5 Å². The van der Waals surface area contributed by atoms with Crippen molar-refractivity contribution in [2.45, 2.75) is 6.92 Å². The van der Waals surface area contributed by atoms with Crippen LogP contribution < -0.4 is 0 Å². The highest BCUT2D eigenvalue weighted by Crippen LogP contribution is 2.22. The molecule has 4 nitrogen and oxygen atoms in total. The van der Waals surface area contributed by atoms with Crippen LogP contribution in [0.3, 0.4) is 0 Å². The van der Waals surface area contributed by atoms with Gasteiger partial charge in [-0.05, 0) is 6.92 Å². The van der Waals surface area contributed by atoms with Gasteiger partial charge in [0.1, 0.15) is 0 Å². The van der Waals surface area contributed by atoms with E-state index >= 15 is 0 Å². The molecule has 0 amide bonds. The molecule has 27 heavy (non-hydrogen) atoms. The second-order valence-corrected chi connectivity index (χ2v) is 6.00. The van der Waals surface area contributed by atoms with Gasteiger partial charge in [-0.1, -0.05) is 78.9 Å². The normalized spacial score (nSPS) is 10.3. The third-order valence-electron chi connectivity index (χ3n) is 4.19. The summed E-state index contributed by atoms with van der Waals surface area (Å²) in [5.41, 5.74) is 0.590. The predicted octanol–water partition coefficient (Wildman–Crippen LogP) is 4.19. The van der Waals surface area contributed by atoms with Crippen LogP contribution in [0.5, 0.6) is 0 Å². The standard InChI is InChI=1S/C23H16O4/c1-15(24)18-13-8-14-19(20(18)21(25)16-9-4-2-5-10-16)23(27)22(26)17-11-6-3-7-12-17/h2-14H,1H3. The predicted molar refractivity (Wildman–Crippen MR) is 101 cm³/mol. The lowest BCUT2D eigenvalue weighted by Crippen LogP contribution is -2.20. The first kappa shape index (κ1) is 18.1. The number of hydrogen-bond acceptors (Lipinski definition) is 4. The Morgan fingerprint density at radius 2 is 1.07 bits per heavy atom. The lowest BCUT2D eigenvalue weighted by molar-refractivity contribution is 0.0815. The first-order valence-electron chi connectivity index (χ1n) is 8.38. The fourth-order valence-corrected chi connectivity index (χ4v) is 2.86. The number of benzene rings is 3. The molecule has 3 aromatic rings. The molecule has 132 valence electrons. The van der Waals surface area contributed by atoms with Crippen molar-refractivity contribution >= 4 is 23.1 Å². The number of ketones is 4. The Hall–Kier alpha value is -3.66. The molecule has 0 atom stereocenters. The van der Waals surface area contributed by atoms with Crippen molar-refractivity contribution in [3.05, 3.63) is 107 Å². The van der Waals surface area contributed by atoms with Gasteiger partial charge >= 0.3 is 0 Å². The minimum absolute atomic E-state index is 0.0366. The van der Waals surface area contributed by atoms with Gasteiger partial charge < -0.3 is 0 Å². The average Bonchev–Trinajstić information content (AvgIpc) is 2.72. The Bertz CT molecular complexity index is 1030. The van der Waals surface area contributed by atoms with Gasteiger partial charge in [0.25, 0.3) is 0 Å². The van der Waals surface area contributed by atoms with Gasteiger partial charge in [0.05, 0.1) is 0 Å². The Morgan fingerprint density at radius 3 is 1.63 bits per heavy atom. The van der Waals surface area contributed by atoms with Crippen LogP contribution in [-0.2, 0) is 0 Å². The van der Waals surface area contributed by atoms with Crippen molar-refractivity contribution in [3.8, 4) is 0 Å². The van der Waals surface area contributed by atoms with Crippen LogP contribution in [0.25, 0.3) is 0 Å². The fourth-order valence-electron chi connectivity index (χ4n) is 2.86. The Kier molecular flexibility index (Phi) is 5.18. The van der Waals surface area contributed by atoms with E-state index in [4.69, 9.17) is 0 Å². The molecular weight excluding hydrogens is 340 g/mol. The van der Waals surface area contributed by atoms with Gasteiger partial charge in [0.2, 0.25) is 11.6 Å². The number of carbonyl (C=O) groups is 4. The van der Waals surface area contributed by atoms with E-state index in [1.807, 2.05) is 0 Å². The van der Waals surface area contributed by atoms with Gasteiger partial charge in [0.15, 0.2) is 11.6 Å². The molecule has 4 heteroatoms. The van der Waals surface area contributed by atoms with E-state index in [-0.39, 0.29) is 28.0 Å². The zero-order chi connectivity index (χ0) is 19.4. The van der Waals surface area contributed by atoms with Crippen molar-refractivity contribution in [2.75, 3.05) is 0 Å². The lowest BCUT2D eigenvalue weighted by atomic mass is 9.88. The molecule has 0 aliphatic rings. The highest BCUT2D eigenvalue weighted by molar-refractivity contribution is 6.50. The number of hydrogen-bond donors (Lipinski definition) is 0. The third kappa shape index (κ3) is 3.65. The van der Waals surface area contributed by atoms with Gasteiger partial charge in [-0.3, -0.25) is 19.2 Å². The second-order valence-electron chi connectivity index (χ2n) is 6.00. The molecule has 0 radical (unpaired) electrons.